The summed E-state index contributed by atoms with van der Waals surface area (Å²) in [7, 11) is 1.51. The quantitative estimate of drug-likeness (QED) is 0.395. The van der Waals surface area contributed by atoms with Gasteiger partial charge in [-0.1, -0.05) is 32.1 Å². The first kappa shape index (κ1) is 31.9. The van der Waals surface area contributed by atoms with E-state index >= 15 is 0 Å². The molecule has 5 aliphatic heterocycles. The van der Waals surface area contributed by atoms with Crippen LogP contribution >= 0.6 is 0 Å². The largest absolute Gasteiger partial charge is 0.493 e. The zero-order chi connectivity index (χ0) is 30.9. The molecule has 9 nitrogen and oxygen atoms in total. The highest BCUT2D eigenvalue weighted by Gasteiger charge is 2.38. The number of carbonyl (C=O) groups is 2. The molecule has 3 atom stereocenters. The summed E-state index contributed by atoms with van der Waals surface area (Å²) in [6.07, 6.45) is 7.28. The molecule has 2 amide bonds. The zero-order valence-electron chi connectivity index (χ0n) is 24.4. The molecule has 0 saturated heterocycles. The molecule has 0 aliphatic carbocycles. The third kappa shape index (κ3) is 7.67. The van der Waals surface area contributed by atoms with E-state index in [0.29, 0.717) is 49.7 Å². The average Bonchev–Trinajstić information content (AvgIpc) is 2.99. The number of fused-ring (bicyclic) bond motifs is 4. The third-order valence-electron chi connectivity index (χ3n) is 7.35. The molecule has 2 aromatic rings. The van der Waals surface area contributed by atoms with Crippen molar-refractivity contribution >= 4 is 23.8 Å². The predicted octanol–water partition coefficient (Wildman–Crippen LogP) is 5.88. The molecule has 0 radical (unpaired) electrons. The number of hydrogen-bond acceptors (Lipinski definition) is 7. The molecule has 0 saturated carbocycles. The van der Waals surface area contributed by atoms with Crippen LogP contribution in [0.1, 0.15) is 85.1 Å². The molecular formula is C31H37F3N4O5. The molecule has 12 heteroatoms. The van der Waals surface area contributed by atoms with Crippen LogP contribution in [-0.2, 0) is 9.63 Å². The number of benzene rings is 2. The standard InChI is InChI=1S/C28H30N4O5.C2H6.CHF3/c1-35-31-28-29-19-5-3-2-4-17-6-8-24-20(14-17)22(10-12-36-24)30-27(34)18-7-9-25-21(15-18)23(11-13-37-25)32(28)26(33)16-19;1-2;2-1(3)4/h2,4,6-9,14-15,19,22-23H,3,5,10-13,16H2,1H3,(H,29,31)(H,30,34);1-2H3;1H/b4-2-;;/t19?,22?,23-;;/m1../s1. The Hall–Kier alpha value is -4.06. The molecule has 0 spiro atoms. The number of ether oxygens (including phenoxy) is 2. The maximum Gasteiger partial charge on any atom is 0.379 e. The highest BCUT2D eigenvalue weighted by atomic mass is 19.4. The Morgan fingerprint density at radius 1 is 1.00 bits per heavy atom. The topological polar surface area (TPSA) is 101 Å². The second-order valence-electron chi connectivity index (χ2n) is 9.97. The van der Waals surface area contributed by atoms with Crippen molar-refractivity contribution in [1.29, 1.82) is 0 Å². The van der Waals surface area contributed by atoms with E-state index in [1.807, 2.05) is 38.1 Å². The molecule has 0 fully saturated rings. The van der Waals surface area contributed by atoms with E-state index < -0.39 is 6.68 Å². The van der Waals surface area contributed by atoms with Crippen LogP contribution in [0.25, 0.3) is 6.08 Å². The highest BCUT2D eigenvalue weighted by Crippen LogP contribution is 2.39. The van der Waals surface area contributed by atoms with Gasteiger partial charge in [0.05, 0.1) is 38.4 Å². The van der Waals surface area contributed by atoms with Crippen molar-refractivity contribution in [3.63, 3.8) is 0 Å². The smallest absolute Gasteiger partial charge is 0.379 e. The van der Waals surface area contributed by atoms with Gasteiger partial charge in [-0.15, -0.1) is 0 Å². The summed E-state index contributed by atoms with van der Waals surface area (Å²) in [5.41, 5.74) is 6.15. The van der Waals surface area contributed by atoms with E-state index in [4.69, 9.17) is 19.3 Å². The lowest BCUT2D eigenvalue weighted by molar-refractivity contribution is -0.131. The summed E-state index contributed by atoms with van der Waals surface area (Å²) in [5.74, 6) is 1.66. The number of carbonyl (C=O) groups excluding carboxylic acids is 2. The van der Waals surface area contributed by atoms with Crippen LogP contribution in [0.2, 0.25) is 0 Å². The Kier molecular flexibility index (Phi) is 11.0. The number of alkyl halides is 3. The van der Waals surface area contributed by atoms with E-state index in [1.54, 1.807) is 11.0 Å². The van der Waals surface area contributed by atoms with Crippen LogP contribution in [0, 0.1) is 0 Å². The highest BCUT2D eigenvalue weighted by molar-refractivity contribution is 6.00. The number of nitrogens with one attached hydrogen (secondary N) is 2. The van der Waals surface area contributed by atoms with Gasteiger partial charge in [0.2, 0.25) is 11.9 Å². The van der Waals surface area contributed by atoms with E-state index in [0.717, 1.165) is 35.3 Å². The summed E-state index contributed by atoms with van der Waals surface area (Å²) >= 11 is 0. The normalized spacial score (nSPS) is 23.0. The molecule has 0 aromatic heterocycles. The van der Waals surface area contributed by atoms with Gasteiger partial charge in [0.25, 0.3) is 5.91 Å². The maximum absolute atomic E-state index is 13.5. The number of amides is 2. The fraction of sp³-hybridized carbons (Fsp3) is 0.452. The number of guanidine groups is 1. The minimum atomic E-state index is -3.67. The maximum atomic E-state index is 13.5. The molecule has 2 unspecified atom stereocenters. The van der Waals surface area contributed by atoms with Crippen molar-refractivity contribution in [1.82, 2.24) is 15.7 Å². The third-order valence-corrected chi connectivity index (χ3v) is 7.35. The van der Waals surface area contributed by atoms with Gasteiger partial charge in [0.15, 0.2) is 0 Å². The molecular weight excluding hydrogens is 565 g/mol. The van der Waals surface area contributed by atoms with Gasteiger partial charge >= 0.3 is 6.68 Å². The average molecular weight is 603 g/mol. The Bertz CT molecular complexity index is 1350. The number of hydroxylamine groups is 1. The Morgan fingerprint density at radius 3 is 2.44 bits per heavy atom. The first-order chi connectivity index (χ1) is 20.8. The van der Waals surface area contributed by atoms with Crippen LogP contribution in [0.15, 0.2) is 47.5 Å². The SMILES string of the molecule is CC.CONC1=NC2CC/C=C\c3ccc4c(c3)C(CCO4)NC(=O)c3ccc4c(c3)[C@@H](CCO4)N1C(=O)C2.FC(F)F. The second-order valence-corrected chi connectivity index (χ2v) is 9.97. The molecule has 2 N–H and O–H groups in total. The first-order valence-corrected chi connectivity index (χ1v) is 14.5. The summed E-state index contributed by atoms with van der Waals surface area (Å²) in [4.78, 5) is 38.6. The lowest BCUT2D eigenvalue weighted by Gasteiger charge is -2.39. The molecule has 2 aromatic carbocycles. The Labute approximate surface area is 249 Å². The van der Waals surface area contributed by atoms with Crippen molar-refractivity contribution in [2.75, 3.05) is 20.3 Å². The number of allylic oxidation sites excluding steroid dienone is 1. The van der Waals surface area contributed by atoms with Crippen LogP contribution in [0.4, 0.5) is 13.2 Å². The predicted molar refractivity (Wildman–Crippen MR) is 156 cm³/mol. The van der Waals surface area contributed by atoms with Crippen molar-refractivity contribution in [2.45, 2.75) is 70.8 Å². The van der Waals surface area contributed by atoms with Crippen LogP contribution in [0.3, 0.4) is 0 Å². The van der Waals surface area contributed by atoms with Gasteiger partial charge in [-0.3, -0.25) is 19.3 Å². The zero-order valence-corrected chi connectivity index (χ0v) is 24.4. The van der Waals surface area contributed by atoms with Gasteiger partial charge in [-0.05, 0) is 48.7 Å². The minimum Gasteiger partial charge on any atom is -0.493 e. The first-order valence-electron chi connectivity index (χ1n) is 14.5. The number of hydrogen-bond donors (Lipinski definition) is 2. The van der Waals surface area contributed by atoms with Crippen LogP contribution in [-0.4, -0.2) is 55.7 Å². The van der Waals surface area contributed by atoms with Crippen LogP contribution in [0.5, 0.6) is 11.5 Å². The minimum absolute atomic E-state index is 0.0280. The molecule has 5 aliphatic rings. The summed E-state index contributed by atoms with van der Waals surface area (Å²) in [6, 6.07) is 10.8. The Morgan fingerprint density at radius 2 is 1.70 bits per heavy atom. The van der Waals surface area contributed by atoms with E-state index in [9.17, 15) is 22.8 Å². The summed E-state index contributed by atoms with van der Waals surface area (Å²) < 4.78 is 40.8. The number of halogens is 3. The van der Waals surface area contributed by atoms with E-state index in [2.05, 4.69) is 29.0 Å². The summed E-state index contributed by atoms with van der Waals surface area (Å²) in [5, 5.41) is 3.20. The lowest BCUT2D eigenvalue weighted by Crippen LogP contribution is -2.51. The summed E-state index contributed by atoms with van der Waals surface area (Å²) in [6.45, 7) is 1.34. The molecule has 6 bridgehead atoms. The van der Waals surface area contributed by atoms with Crippen molar-refractivity contribution in [3.05, 3.63) is 64.7 Å². The van der Waals surface area contributed by atoms with Gasteiger partial charge in [-0.25, -0.2) is 10.5 Å². The van der Waals surface area contributed by atoms with E-state index in [1.165, 1.54) is 7.11 Å². The van der Waals surface area contributed by atoms with Gasteiger partial charge in [-0.2, -0.15) is 13.2 Å². The fourth-order valence-electron chi connectivity index (χ4n) is 5.56. The number of nitrogens with zero attached hydrogens (tertiary/aromatic N) is 2. The second kappa shape index (κ2) is 14.9. The van der Waals surface area contributed by atoms with Crippen molar-refractivity contribution < 1.29 is 37.1 Å². The number of rotatable bonds is 1. The Balaban J connectivity index is 0.000000653. The van der Waals surface area contributed by atoms with Gasteiger partial charge in [0.1, 0.15) is 11.5 Å². The molecule has 7 rings (SSSR count). The van der Waals surface area contributed by atoms with Gasteiger partial charge in [0, 0.05) is 36.0 Å². The van der Waals surface area contributed by atoms with Crippen LogP contribution < -0.4 is 20.3 Å². The molecule has 5 heterocycles. The molecule has 232 valence electrons. The van der Waals surface area contributed by atoms with Gasteiger partial charge < -0.3 is 14.8 Å². The monoisotopic (exact) mass is 602 g/mol. The van der Waals surface area contributed by atoms with Crippen molar-refractivity contribution in [3.8, 4) is 11.5 Å². The number of aliphatic imine (C=N–C) groups is 1. The van der Waals surface area contributed by atoms with E-state index in [-0.39, 0.29) is 29.9 Å². The molecule has 43 heavy (non-hydrogen) atoms. The lowest BCUT2D eigenvalue weighted by atomic mass is 9.94. The van der Waals surface area contributed by atoms with Crippen molar-refractivity contribution in [2.24, 2.45) is 4.99 Å². The fourth-order valence-corrected chi connectivity index (χ4v) is 5.56.